The predicted molar refractivity (Wildman–Crippen MR) is 95.1 cm³/mol. The molecule has 124 valence electrons. The number of imidazole rings is 1. The van der Waals surface area contributed by atoms with Gasteiger partial charge in [-0.15, -0.1) is 0 Å². The maximum atomic E-state index is 12.5. The van der Waals surface area contributed by atoms with Crippen molar-refractivity contribution < 1.29 is 9.53 Å². The van der Waals surface area contributed by atoms with E-state index in [1.165, 1.54) is 0 Å². The molecule has 1 aromatic carbocycles. The molecule has 0 aliphatic rings. The number of carbonyl (C=O) groups is 1. The van der Waals surface area contributed by atoms with Crippen LogP contribution in [0.2, 0.25) is 0 Å². The van der Waals surface area contributed by atoms with Gasteiger partial charge in [-0.25, -0.2) is 4.98 Å². The number of hydrogen-bond donors (Lipinski definition) is 0. The van der Waals surface area contributed by atoms with Crippen molar-refractivity contribution in [2.45, 2.75) is 26.7 Å². The van der Waals surface area contributed by atoms with Crippen LogP contribution in [0.1, 0.15) is 32.4 Å². The van der Waals surface area contributed by atoms with Gasteiger partial charge in [0.25, 0.3) is 0 Å². The molecular formula is C19H21N3O2. The number of benzene rings is 1. The van der Waals surface area contributed by atoms with E-state index in [2.05, 4.69) is 13.8 Å². The highest BCUT2D eigenvalue weighted by Gasteiger charge is 2.24. The Balaban J connectivity index is 2.23. The number of aromatic nitrogens is 2. The van der Waals surface area contributed by atoms with Crippen LogP contribution in [-0.2, 0) is 4.79 Å². The molecule has 3 rings (SSSR count). The minimum absolute atomic E-state index is 0.0623. The van der Waals surface area contributed by atoms with E-state index in [0.29, 0.717) is 0 Å². The molecule has 0 saturated heterocycles. The lowest BCUT2D eigenvalue weighted by Gasteiger charge is -2.23. The zero-order chi connectivity index (χ0) is 17.3. The van der Waals surface area contributed by atoms with Gasteiger partial charge in [0.1, 0.15) is 17.2 Å². The molecular weight excluding hydrogens is 302 g/mol. The summed E-state index contributed by atoms with van der Waals surface area (Å²) in [5.74, 6) is 1.68. The van der Waals surface area contributed by atoms with Gasteiger partial charge in [0.2, 0.25) is 5.91 Å². The largest absolute Gasteiger partial charge is 0.497 e. The highest BCUT2D eigenvalue weighted by atomic mass is 16.5. The Morgan fingerprint density at radius 1 is 1.17 bits per heavy atom. The summed E-state index contributed by atoms with van der Waals surface area (Å²) in [5.41, 5.74) is 2.51. The first-order chi connectivity index (χ1) is 11.5. The number of pyridine rings is 1. The number of ether oxygens (including phenoxy) is 1. The molecule has 0 saturated carbocycles. The average molecular weight is 323 g/mol. The second-order valence-electron chi connectivity index (χ2n) is 5.96. The minimum Gasteiger partial charge on any atom is -0.497 e. The summed E-state index contributed by atoms with van der Waals surface area (Å²) in [6.07, 6.45) is 1.93. The first-order valence-corrected chi connectivity index (χ1v) is 7.94. The van der Waals surface area contributed by atoms with Gasteiger partial charge in [-0.1, -0.05) is 19.9 Å². The third-order valence-corrected chi connectivity index (χ3v) is 3.93. The fraction of sp³-hybridized carbons (Fsp3) is 0.263. The Bertz CT molecular complexity index is 866. The Labute approximate surface area is 141 Å². The number of anilines is 2. The molecule has 1 amide bonds. The second kappa shape index (κ2) is 6.35. The normalized spacial score (nSPS) is 11.0. The van der Waals surface area contributed by atoms with Crippen molar-refractivity contribution in [3.05, 3.63) is 54.4 Å². The summed E-state index contributed by atoms with van der Waals surface area (Å²) in [5, 5.41) is 0. The molecule has 0 radical (unpaired) electrons. The van der Waals surface area contributed by atoms with Gasteiger partial charge in [0.15, 0.2) is 0 Å². The molecule has 2 aromatic heterocycles. The number of amides is 1. The third-order valence-electron chi connectivity index (χ3n) is 3.93. The zero-order valence-electron chi connectivity index (χ0n) is 14.4. The van der Waals surface area contributed by atoms with Crippen LogP contribution in [0.3, 0.4) is 0 Å². The molecule has 0 aliphatic heterocycles. The van der Waals surface area contributed by atoms with Crippen LogP contribution in [0.4, 0.5) is 11.5 Å². The van der Waals surface area contributed by atoms with Crippen LogP contribution in [0.15, 0.2) is 48.7 Å². The van der Waals surface area contributed by atoms with E-state index in [1.54, 1.807) is 18.9 Å². The summed E-state index contributed by atoms with van der Waals surface area (Å²) >= 11 is 0. The molecule has 5 nitrogen and oxygen atoms in total. The Kier molecular flexibility index (Phi) is 4.25. The summed E-state index contributed by atoms with van der Waals surface area (Å²) in [6.45, 7) is 5.73. The molecule has 0 unspecified atom stereocenters. The SMILES string of the molecule is COc1ccc(N(C(C)=O)c2c(C(C)C)nc3ccccn23)cc1. The van der Waals surface area contributed by atoms with E-state index in [-0.39, 0.29) is 11.8 Å². The van der Waals surface area contributed by atoms with E-state index >= 15 is 0 Å². The molecule has 0 spiro atoms. The van der Waals surface area contributed by atoms with Crippen molar-refractivity contribution in [1.29, 1.82) is 0 Å². The second-order valence-corrected chi connectivity index (χ2v) is 5.96. The molecule has 3 aromatic rings. The van der Waals surface area contributed by atoms with E-state index in [4.69, 9.17) is 9.72 Å². The molecule has 2 heterocycles. The molecule has 0 bridgehead atoms. The van der Waals surface area contributed by atoms with E-state index in [0.717, 1.165) is 28.6 Å². The summed E-state index contributed by atoms with van der Waals surface area (Å²) < 4.78 is 7.17. The lowest BCUT2D eigenvalue weighted by molar-refractivity contribution is -0.115. The highest BCUT2D eigenvalue weighted by molar-refractivity contribution is 5.99. The standard InChI is InChI=1S/C19H21N3O2/c1-13(2)18-19(21-12-6-5-7-17(21)20-18)22(14(3)23)15-8-10-16(24-4)11-9-15/h5-13H,1-4H3. The summed E-state index contributed by atoms with van der Waals surface area (Å²) in [6, 6.07) is 13.3. The maximum Gasteiger partial charge on any atom is 0.229 e. The van der Waals surface area contributed by atoms with Gasteiger partial charge in [-0.3, -0.25) is 14.1 Å². The van der Waals surface area contributed by atoms with Crippen LogP contribution in [0.25, 0.3) is 5.65 Å². The van der Waals surface area contributed by atoms with Crippen molar-refractivity contribution in [3.8, 4) is 5.75 Å². The number of nitrogens with zero attached hydrogens (tertiary/aromatic N) is 3. The van der Waals surface area contributed by atoms with Gasteiger partial charge in [-0.2, -0.15) is 0 Å². The molecule has 0 atom stereocenters. The molecule has 0 fully saturated rings. The molecule has 5 heteroatoms. The Hall–Kier alpha value is -2.82. The third kappa shape index (κ3) is 2.73. The quantitative estimate of drug-likeness (QED) is 0.724. The minimum atomic E-state index is -0.0623. The van der Waals surface area contributed by atoms with Crippen LogP contribution in [-0.4, -0.2) is 22.4 Å². The fourth-order valence-electron chi connectivity index (χ4n) is 2.80. The smallest absolute Gasteiger partial charge is 0.229 e. The number of rotatable bonds is 4. The highest BCUT2D eigenvalue weighted by Crippen LogP contribution is 2.34. The van der Waals surface area contributed by atoms with Crippen molar-refractivity contribution in [2.75, 3.05) is 12.0 Å². The predicted octanol–water partition coefficient (Wildman–Crippen LogP) is 4.15. The van der Waals surface area contributed by atoms with Crippen LogP contribution in [0, 0.1) is 0 Å². The van der Waals surface area contributed by atoms with E-state index in [1.807, 2.05) is 53.1 Å². The zero-order valence-corrected chi connectivity index (χ0v) is 14.4. The van der Waals surface area contributed by atoms with Crippen molar-refractivity contribution in [3.63, 3.8) is 0 Å². The van der Waals surface area contributed by atoms with E-state index in [9.17, 15) is 4.79 Å². The Morgan fingerprint density at radius 3 is 2.46 bits per heavy atom. The fourth-order valence-corrected chi connectivity index (χ4v) is 2.80. The number of fused-ring (bicyclic) bond motifs is 1. The molecule has 24 heavy (non-hydrogen) atoms. The van der Waals surface area contributed by atoms with Gasteiger partial charge < -0.3 is 4.74 Å². The van der Waals surface area contributed by atoms with Crippen molar-refractivity contribution in [2.24, 2.45) is 0 Å². The number of hydrogen-bond acceptors (Lipinski definition) is 3. The summed E-state index contributed by atoms with van der Waals surface area (Å²) in [4.78, 5) is 18.9. The maximum absolute atomic E-state index is 12.5. The lowest BCUT2D eigenvalue weighted by atomic mass is 10.1. The van der Waals surface area contributed by atoms with E-state index < -0.39 is 0 Å². The van der Waals surface area contributed by atoms with Gasteiger partial charge >= 0.3 is 0 Å². The topological polar surface area (TPSA) is 46.8 Å². The molecule has 0 aliphatic carbocycles. The van der Waals surface area contributed by atoms with Gasteiger partial charge in [-0.05, 0) is 42.3 Å². The Morgan fingerprint density at radius 2 is 1.88 bits per heavy atom. The first-order valence-electron chi connectivity index (χ1n) is 7.94. The monoisotopic (exact) mass is 323 g/mol. The number of carbonyl (C=O) groups excluding carboxylic acids is 1. The average Bonchev–Trinajstić information content (AvgIpc) is 2.95. The summed E-state index contributed by atoms with van der Waals surface area (Å²) in [7, 11) is 1.62. The van der Waals surface area contributed by atoms with Crippen LogP contribution >= 0.6 is 0 Å². The van der Waals surface area contributed by atoms with Crippen molar-refractivity contribution in [1.82, 2.24) is 9.38 Å². The van der Waals surface area contributed by atoms with Gasteiger partial charge in [0, 0.05) is 13.1 Å². The number of methoxy groups -OCH3 is 1. The van der Waals surface area contributed by atoms with Crippen LogP contribution < -0.4 is 9.64 Å². The van der Waals surface area contributed by atoms with Crippen LogP contribution in [0.5, 0.6) is 5.75 Å². The van der Waals surface area contributed by atoms with Gasteiger partial charge in [0.05, 0.1) is 18.5 Å². The van der Waals surface area contributed by atoms with Crippen molar-refractivity contribution >= 4 is 23.1 Å². The first kappa shape index (κ1) is 16.1. The lowest BCUT2D eigenvalue weighted by Crippen LogP contribution is -2.25. The molecule has 0 N–H and O–H groups in total.